The normalized spacial score (nSPS) is 10.2. The first-order chi connectivity index (χ1) is 9.97. The number of hydrogen-bond donors (Lipinski definition) is 0. The molecule has 0 aliphatic rings. The number of nitro groups is 1. The average Bonchev–Trinajstić information content (AvgIpc) is 2.46. The predicted molar refractivity (Wildman–Crippen MR) is 84.1 cm³/mol. The molecule has 21 heavy (non-hydrogen) atoms. The van der Waals surface area contributed by atoms with E-state index in [0.29, 0.717) is 4.47 Å². The van der Waals surface area contributed by atoms with Crippen LogP contribution in [-0.2, 0) is 11.3 Å². The van der Waals surface area contributed by atoms with Crippen LogP contribution in [0, 0.1) is 10.1 Å². The summed E-state index contributed by atoms with van der Waals surface area (Å²) in [6.45, 7) is 0.107. The number of esters is 1. The molecular weight excluding hydrogens is 406 g/mol. The topological polar surface area (TPSA) is 69.4 Å². The van der Waals surface area contributed by atoms with Crippen molar-refractivity contribution in [3.8, 4) is 0 Å². The minimum Gasteiger partial charge on any atom is -0.457 e. The molecule has 0 N–H and O–H groups in total. The SMILES string of the molecule is O=C(OCc1ccc(Br)cc1)c1ccc(Br)c([N+](=O)[O-])c1. The highest BCUT2D eigenvalue weighted by Gasteiger charge is 2.16. The number of nitro benzene ring substituents is 1. The molecule has 0 saturated carbocycles. The van der Waals surface area contributed by atoms with E-state index in [1.54, 1.807) is 0 Å². The molecule has 0 aromatic heterocycles. The fourth-order valence-electron chi connectivity index (χ4n) is 1.59. The Balaban J connectivity index is 2.08. The molecule has 7 heteroatoms. The van der Waals surface area contributed by atoms with Crippen molar-refractivity contribution >= 4 is 43.5 Å². The Morgan fingerprint density at radius 1 is 1.14 bits per heavy atom. The molecule has 0 amide bonds. The van der Waals surface area contributed by atoms with Crippen molar-refractivity contribution in [2.24, 2.45) is 0 Å². The van der Waals surface area contributed by atoms with Gasteiger partial charge >= 0.3 is 5.97 Å². The van der Waals surface area contributed by atoms with E-state index in [1.165, 1.54) is 18.2 Å². The van der Waals surface area contributed by atoms with Crippen molar-refractivity contribution in [2.45, 2.75) is 6.61 Å². The predicted octanol–water partition coefficient (Wildman–Crippen LogP) is 4.48. The molecule has 2 rings (SSSR count). The van der Waals surface area contributed by atoms with Crippen LogP contribution in [0.4, 0.5) is 5.69 Å². The summed E-state index contributed by atoms with van der Waals surface area (Å²) in [5.74, 6) is -0.603. The summed E-state index contributed by atoms with van der Waals surface area (Å²) in [5.41, 5.74) is 0.799. The van der Waals surface area contributed by atoms with Gasteiger partial charge in [0.05, 0.1) is 15.0 Å². The van der Waals surface area contributed by atoms with Gasteiger partial charge < -0.3 is 4.74 Å². The zero-order valence-corrected chi connectivity index (χ0v) is 13.8. The lowest BCUT2D eigenvalue weighted by molar-refractivity contribution is -0.385. The van der Waals surface area contributed by atoms with E-state index in [-0.39, 0.29) is 17.9 Å². The van der Waals surface area contributed by atoms with Crippen LogP contribution in [0.3, 0.4) is 0 Å². The molecule has 0 aliphatic heterocycles. The van der Waals surface area contributed by atoms with E-state index in [1.807, 2.05) is 24.3 Å². The summed E-state index contributed by atoms with van der Waals surface area (Å²) in [4.78, 5) is 22.2. The lowest BCUT2D eigenvalue weighted by Gasteiger charge is -2.05. The minimum atomic E-state index is -0.603. The Hall–Kier alpha value is -1.73. The highest BCUT2D eigenvalue weighted by molar-refractivity contribution is 9.10. The molecule has 0 fully saturated rings. The number of carbonyl (C=O) groups is 1. The van der Waals surface area contributed by atoms with Crippen LogP contribution in [0.2, 0.25) is 0 Å². The van der Waals surface area contributed by atoms with Crippen LogP contribution >= 0.6 is 31.9 Å². The van der Waals surface area contributed by atoms with Gasteiger partial charge in [-0.1, -0.05) is 28.1 Å². The van der Waals surface area contributed by atoms with Crippen LogP contribution in [0.1, 0.15) is 15.9 Å². The number of hydrogen-bond acceptors (Lipinski definition) is 4. The van der Waals surface area contributed by atoms with E-state index >= 15 is 0 Å². The van der Waals surface area contributed by atoms with Crippen LogP contribution in [0.15, 0.2) is 51.4 Å². The quantitative estimate of drug-likeness (QED) is 0.420. The Morgan fingerprint density at radius 3 is 2.43 bits per heavy atom. The number of nitrogens with zero attached hydrogens (tertiary/aromatic N) is 1. The first-order valence-electron chi connectivity index (χ1n) is 5.83. The second-order valence-corrected chi connectivity index (χ2v) is 5.90. The summed E-state index contributed by atoms with van der Waals surface area (Å²) in [6, 6.07) is 11.4. The molecule has 2 aromatic carbocycles. The molecule has 0 bridgehead atoms. The lowest BCUT2D eigenvalue weighted by Crippen LogP contribution is -2.06. The maximum absolute atomic E-state index is 11.9. The number of benzene rings is 2. The van der Waals surface area contributed by atoms with Crippen LogP contribution in [0.5, 0.6) is 0 Å². The van der Waals surface area contributed by atoms with Gasteiger partial charge in [0.1, 0.15) is 6.61 Å². The number of halogens is 2. The number of rotatable bonds is 4. The Kier molecular flexibility index (Phi) is 5.08. The largest absolute Gasteiger partial charge is 0.457 e. The van der Waals surface area contributed by atoms with Gasteiger partial charge in [0, 0.05) is 10.5 Å². The molecule has 0 spiro atoms. The smallest absolute Gasteiger partial charge is 0.338 e. The van der Waals surface area contributed by atoms with Crippen molar-refractivity contribution in [1.29, 1.82) is 0 Å². The van der Waals surface area contributed by atoms with E-state index < -0.39 is 10.9 Å². The minimum absolute atomic E-state index is 0.107. The van der Waals surface area contributed by atoms with Gasteiger partial charge in [-0.05, 0) is 45.8 Å². The van der Waals surface area contributed by atoms with Crippen LogP contribution in [0.25, 0.3) is 0 Å². The van der Waals surface area contributed by atoms with Gasteiger partial charge in [-0.2, -0.15) is 0 Å². The van der Waals surface area contributed by atoms with Crippen molar-refractivity contribution in [3.05, 3.63) is 72.7 Å². The Bertz CT molecular complexity index is 686. The van der Waals surface area contributed by atoms with Crippen molar-refractivity contribution in [3.63, 3.8) is 0 Å². The monoisotopic (exact) mass is 413 g/mol. The standard InChI is InChI=1S/C14H9Br2NO4/c15-11-4-1-9(2-5-11)8-21-14(18)10-3-6-12(16)13(7-10)17(19)20/h1-7H,8H2. The second-order valence-electron chi connectivity index (χ2n) is 4.13. The first kappa shape index (κ1) is 15.7. The highest BCUT2D eigenvalue weighted by atomic mass is 79.9. The van der Waals surface area contributed by atoms with Gasteiger partial charge in [-0.15, -0.1) is 0 Å². The van der Waals surface area contributed by atoms with Gasteiger partial charge in [-0.25, -0.2) is 4.79 Å². The van der Waals surface area contributed by atoms with E-state index in [2.05, 4.69) is 31.9 Å². The summed E-state index contributed by atoms with van der Waals surface area (Å²) in [7, 11) is 0. The fraction of sp³-hybridized carbons (Fsp3) is 0.0714. The zero-order valence-electron chi connectivity index (χ0n) is 10.6. The molecule has 0 aliphatic carbocycles. The molecule has 2 aromatic rings. The van der Waals surface area contributed by atoms with Gasteiger partial charge in [0.2, 0.25) is 0 Å². The molecule has 0 heterocycles. The Labute approximate surface area is 137 Å². The van der Waals surface area contributed by atoms with Gasteiger partial charge in [0.15, 0.2) is 0 Å². The van der Waals surface area contributed by atoms with Crippen LogP contribution < -0.4 is 0 Å². The molecule has 0 radical (unpaired) electrons. The lowest BCUT2D eigenvalue weighted by atomic mass is 10.2. The van der Waals surface area contributed by atoms with Gasteiger partial charge in [-0.3, -0.25) is 10.1 Å². The summed E-state index contributed by atoms with van der Waals surface area (Å²) < 4.78 is 6.38. The Morgan fingerprint density at radius 2 is 1.81 bits per heavy atom. The number of ether oxygens (including phenoxy) is 1. The van der Waals surface area contributed by atoms with Crippen molar-refractivity contribution in [1.82, 2.24) is 0 Å². The van der Waals surface area contributed by atoms with Crippen LogP contribution in [-0.4, -0.2) is 10.9 Å². The van der Waals surface area contributed by atoms with E-state index in [4.69, 9.17) is 4.74 Å². The van der Waals surface area contributed by atoms with E-state index in [0.717, 1.165) is 10.0 Å². The third-order valence-electron chi connectivity index (χ3n) is 2.66. The fourth-order valence-corrected chi connectivity index (χ4v) is 2.25. The van der Waals surface area contributed by atoms with E-state index in [9.17, 15) is 14.9 Å². The maximum atomic E-state index is 11.9. The summed E-state index contributed by atoms with van der Waals surface area (Å²) >= 11 is 6.38. The molecule has 0 unspecified atom stereocenters. The summed E-state index contributed by atoms with van der Waals surface area (Å²) in [6.07, 6.45) is 0. The molecular formula is C14H9Br2NO4. The number of carbonyl (C=O) groups excluding carboxylic acids is 1. The molecule has 108 valence electrons. The van der Waals surface area contributed by atoms with Gasteiger partial charge in [0.25, 0.3) is 5.69 Å². The van der Waals surface area contributed by atoms with Crippen molar-refractivity contribution in [2.75, 3.05) is 0 Å². The second kappa shape index (κ2) is 6.82. The molecule has 0 saturated heterocycles. The van der Waals surface area contributed by atoms with Crippen molar-refractivity contribution < 1.29 is 14.5 Å². The molecule has 5 nitrogen and oxygen atoms in total. The maximum Gasteiger partial charge on any atom is 0.338 e. The third-order valence-corrected chi connectivity index (χ3v) is 3.86. The highest BCUT2D eigenvalue weighted by Crippen LogP contribution is 2.26. The summed E-state index contributed by atoms with van der Waals surface area (Å²) in [5, 5.41) is 10.8. The average molecular weight is 415 g/mol. The first-order valence-corrected chi connectivity index (χ1v) is 7.41. The zero-order chi connectivity index (χ0) is 15.4. The third kappa shape index (κ3) is 4.12. The molecule has 0 atom stereocenters.